The zero-order valence-electron chi connectivity index (χ0n) is 10.5. The van der Waals surface area contributed by atoms with Gasteiger partial charge < -0.3 is 5.32 Å². The molecule has 0 aromatic carbocycles. The van der Waals surface area contributed by atoms with E-state index in [9.17, 15) is 4.79 Å². The minimum Gasteiger partial charge on any atom is -0.309 e. The second-order valence-corrected chi connectivity index (χ2v) is 5.90. The van der Waals surface area contributed by atoms with Gasteiger partial charge in [-0.05, 0) is 25.7 Å². The standard InChI is InChI=1S/C12H18N4OS/c1-16-11(8-4-2-3-5-9(8)15-16)14-12(17)10-6-18-7-13-10/h10,13H,2-7H2,1H3,(H,14,17)/t10-/m0/s1. The smallest absolute Gasteiger partial charge is 0.243 e. The molecule has 1 atom stereocenters. The number of hydrogen-bond donors (Lipinski definition) is 2. The number of carbonyl (C=O) groups is 1. The van der Waals surface area contributed by atoms with Crippen molar-refractivity contribution in [1.82, 2.24) is 15.1 Å². The Morgan fingerprint density at radius 2 is 2.33 bits per heavy atom. The first-order valence-corrected chi connectivity index (χ1v) is 7.58. The molecule has 6 heteroatoms. The molecule has 3 rings (SSSR count). The van der Waals surface area contributed by atoms with Crippen LogP contribution in [0.5, 0.6) is 0 Å². The molecule has 1 saturated heterocycles. The summed E-state index contributed by atoms with van der Waals surface area (Å²) in [7, 11) is 1.91. The largest absolute Gasteiger partial charge is 0.309 e. The molecule has 0 unspecified atom stereocenters. The molecule has 0 spiro atoms. The molecule has 1 aliphatic carbocycles. The summed E-state index contributed by atoms with van der Waals surface area (Å²) in [4.78, 5) is 12.1. The zero-order valence-corrected chi connectivity index (χ0v) is 11.3. The predicted molar refractivity (Wildman–Crippen MR) is 72.7 cm³/mol. The van der Waals surface area contributed by atoms with Crippen LogP contribution in [0.15, 0.2) is 0 Å². The Bertz CT molecular complexity index is 465. The molecule has 2 heterocycles. The lowest BCUT2D eigenvalue weighted by molar-refractivity contribution is -0.117. The molecule has 0 radical (unpaired) electrons. The van der Waals surface area contributed by atoms with Crippen molar-refractivity contribution < 1.29 is 4.79 Å². The average Bonchev–Trinajstić information content (AvgIpc) is 2.98. The highest BCUT2D eigenvalue weighted by Gasteiger charge is 2.26. The van der Waals surface area contributed by atoms with E-state index in [2.05, 4.69) is 15.7 Å². The second-order valence-electron chi connectivity index (χ2n) is 4.87. The molecule has 2 aliphatic rings. The van der Waals surface area contributed by atoms with Crippen LogP contribution in [0, 0.1) is 0 Å². The number of thioether (sulfide) groups is 1. The molecule has 5 nitrogen and oxygen atoms in total. The summed E-state index contributed by atoms with van der Waals surface area (Å²) in [6.45, 7) is 0. The van der Waals surface area contributed by atoms with Crippen molar-refractivity contribution in [3.05, 3.63) is 11.3 Å². The third-order valence-corrected chi connectivity index (χ3v) is 4.53. The maximum atomic E-state index is 12.1. The number of amides is 1. The van der Waals surface area contributed by atoms with E-state index >= 15 is 0 Å². The Morgan fingerprint density at radius 1 is 1.50 bits per heavy atom. The Kier molecular flexibility index (Phi) is 3.30. The minimum absolute atomic E-state index is 0.0656. The van der Waals surface area contributed by atoms with Gasteiger partial charge in [-0.2, -0.15) is 5.10 Å². The second kappa shape index (κ2) is 4.93. The maximum absolute atomic E-state index is 12.1. The number of nitrogens with zero attached hydrogens (tertiary/aromatic N) is 2. The fourth-order valence-electron chi connectivity index (χ4n) is 2.60. The quantitative estimate of drug-likeness (QED) is 0.835. The SMILES string of the molecule is Cn1nc2c(c1NC(=O)[C@@H]1CSCN1)CCCC2. The molecule has 1 aromatic rings. The summed E-state index contributed by atoms with van der Waals surface area (Å²) in [5.41, 5.74) is 2.40. The normalized spacial score (nSPS) is 22.8. The molecule has 98 valence electrons. The Balaban J connectivity index is 1.79. The van der Waals surface area contributed by atoms with Crippen LogP contribution in [0.1, 0.15) is 24.1 Å². The van der Waals surface area contributed by atoms with Gasteiger partial charge in [-0.25, -0.2) is 0 Å². The fourth-order valence-corrected chi connectivity index (χ4v) is 3.55. The number of hydrogen-bond acceptors (Lipinski definition) is 4. The van der Waals surface area contributed by atoms with Crippen molar-refractivity contribution in [1.29, 1.82) is 0 Å². The van der Waals surface area contributed by atoms with Gasteiger partial charge in [-0.3, -0.25) is 14.8 Å². The summed E-state index contributed by atoms with van der Waals surface area (Å²) in [5.74, 6) is 2.68. The maximum Gasteiger partial charge on any atom is 0.243 e. The van der Waals surface area contributed by atoms with E-state index in [4.69, 9.17) is 0 Å². The highest BCUT2D eigenvalue weighted by molar-refractivity contribution is 7.99. The van der Waals surface area contributed by atoms with Gasteiger partial charge in [0.05, 0.1) is 11.7 Å². The molecule has 0 saturated carbocycles. The summed E-state index contributed by atoms with van der Waals surface area (Å²) < 4.78 is 1.82. The van der Waals surface area contributed by atoms with Crippen LogP contribution in [-0.2, 0) is 24.7 Å². The van der Waals surface area contributed by atoms with Gasteiger partial charge in [0.25, 0.3) is 0 Å². The first-order valence-electron chi connectivity index (χ1n) is 6.42. The Morgan fingerprint density at radius 3 is 3.11 bits per heavy atom. The first-order chi connectivity index (χ1) is 8.75. The number of aromatic nitrogens is 2. The van der Waals surface area contributed by atoms with Crippen molar-refractivity contribution >= 4 is 23.5 Å². The van der Waals surface area contributed by atoms with Crippen LogP contribution in [0.25, 0.3) is 0 Å². The van der Waals surface area contributed by atoms with Gasteiger partial charge in [0, 0.05) is 24.2 Å². The minimum atomic E-state index is -0.0656. The number of fused-ring (bicyclic) bond motifs is 1. The van der Waals surface area contributed by atoms with Crippen molar-refractivity contribution in [3.63, 3.8) is 0 Å². The lowest BCUT2D eigenvalue weighted by atomic mass is 9.97. The van der Waals surface area contributed by atoms with Crippen LogP contribution in [0.2, 0.25) is 0 Å². The molecule has 1 aliphatic heterocycles. The number of aryl methyl sites for hydroxylation is 2. The van der Waals surface area contributed by atoms with Crippen LogP contribution >= 0.6 is 11.8 Å². The summed E-state index contributed by atoms with van der Waals surface area (Å²) in [5, 5.41) is 10.7. The van der Waals surface area contributed by atoms with Crippen LogP contribution in [0.4, 0.5) is 5.82 Å². The number of carbonyl (C=O) groups excluding carboxylic acids is 1. The van der Waals surface area contributed by atoms with Gasteiger partial charge in [0.1, 0.15) is 5.82 Å². The topological polar surface area (TPSA) is 59.0 Å². The van der Waals surface area contributed by atoms with E-state index in [0.29, 0.717) is 0 Å². The van der Waals surface area contributed by atoms with E-state index < -0.39 is 0 Å². The van der Waals surface area contributed by atoms with Crippen LogP contribution < -0.4 is 10.6 Å². The van der Waals surface area contributed by atoms with Gasteiger partial charge >= 0.3 is 0 Å². The Hall–Kier alpha value is -1.01. The summed E-state index contributed by atoms with van der Waals surface area (Å²) in [6.07, 6.45) is 4.47. The van der Waals surface area contributed by atoms with Gasteiger partial charge in [0.2, 0.25) is 5.91 Å². The molecule has 18 heavy (non-hydrogen) atoms. The molecule has 2 N–H and O–H groups in total. The third kappa shape index (κ3) is 2.14. The fraction of sp³-hybridized carbons (Fsp3) is 0.667. The van der Waals surface area contributed by atoms with E-state index in [1.165, 1.54) is 18.4 Å². The number of nitrogens with one attached hydrogen (secondary N) is 2. The van der Waals surface area contributed by atoms with E-state index in [0.717, 1.165) is 36.0 Å². The molecule has 1 fully saturated rings. The van der Waals surface area contributed by atoms with E-state index in [1.807, 2.05) is 11.7 Å². The highest BCUT2D eigenvalue weighted by atomic mass is 32.2. The molecule has 1 aromatic heterocycles. The average molecular weight is 266 g/mol. The van der Waals surface area contributed by atoms with Crippen LogP contribution in [-0.4, -0.2) is 33.4 Å². The van der Waals surface area contributed by atoms with Gasteiger partial charge in [-0.1, -0.05) is 0 Å². The summed E-state index contributed by atoms with van der Waals surface area (Å²) in [6, 6.07) is -0.0656. The molecule has 1 amide bonds. The van der Waals surface area contributed by atoms with Crippen molar-refractivity contribution in [2.24, 2.45) is 7.05 Å². The number of rotatable bonds is 2. The van der Waals surface area contributed by atoms with Gasteiger partial charge in [-0.15, -0.1) is 11.8 Å². The third-order valence-electron chi connectivity index (χ3n) is 3.59. The first kappa shape index (κ1) is 12.0. The highest BCUT2D eigenvalue weighted by Crippen LogP contribution is 2.27. The van der Waals surface area contributed by atoms with E-state index in [-0.39, 0.29) is 11.9 Å². The van der Waals surface area contributed by atoms with Crippen molar-refractivity contribution in [2.75, 3.05) is 16.9 Å². The molecular weight excluding hydrogens is 248 g/mol. The van der Waals surface area contributed by atoms with Crippen molar-refractivity contribution in [2.45, 2.75) is 31.7 Å². The molecular formula is C12H18N4OS. The molecule has 0 bridgehead atoms. The predicted octanol–water partition coefficient (Wildman–Crippen LogP) is 0.900. The zero-order chi connectivity index (χ0) is 12.5. The van der Waals surface area contributed by atoms with E-state index in [1.54, 1.807) is 11.8 Å². The lowest BCUT2D eigenvalue weighted by Gasteiger charge is -2.14. The lowest BCUT2D eigenvalue weighted by Crippen LogP contribution is -2.38. The number of anilines is 1. The van der Waals surface area contributed by atoms with Gasteiger partial charge in [0.15, 0.2) is 0 Å². The monoisotopic (exact) mass is 266 g/mol. The van der Waals surface area contributed by atoms with Crippen LogP contribution in [0.3, 0.4) is 0 Å². The summed E-state index contributed by atoms with van der Waals surface area (Å²) >= 11 is 1.76. The van der Waals surface area contributed by atoms with Crippen molar-refractivity contribution in [3.8, 4) is 0 Å². The Labute approximate surface area is 111 Å².